The van der Waals surface area contributed by atoms with Crippen LogP contribution in [0.5, 0.6) is 34.5 Å². The molecule has 11 N–H and O–H groups in total. The molecule has 1 spiro atoms. The number of carbonyl (C=O) groups is 3. The van der Waals surface area contributed by atoms with Gasteiger partial charge in [0.15, 0.2) is 34.5 Å². The second-order valence-electron chi connectivity index (χ2n) is 17.8. The second-order valence-corrected chi connectivity index (χ2v) is 17.8. The minimum absolute atomic E-state index is 0.00143. The predicted octanol–water partition coefficient (Wildman–Crippen LogP) is 4.96. The van der Waals surface area contributed by atoms with Gasteiger partial charge in [-0.3, -0.25) is 9.59 Å². The van der Waals surface area contributed by atoms with Crippen LogP contribution in [0.4, 0.5) is 0 Å². The molecule has 3 aromatic rings. The first-order valence-electron chi connectivity index (χ1n) is 20.5. The number of nitrogens with one attached hydrogen (secondary N) is 3. The summed E-state index contributed by atoms with van der Waals surface area (Å²) in [6.45, 7) is 1.73. The molecule has 0 aliphatic heterocycles. The molecule has 4 saturated carbocycles. The van der Waals surface area contributed by atoms with Crippen LogP contribution >= 0.6 is 0 Å². The highest BCUT2D eigenvalue weighted by atomic mass is 16.3. The summed E-state index contributed by atoms with van der Waals surface area (Å²) in [5, 5.41) is 65.8. The standard InChI is InChI=1S/C36H47N3O7.C9H13NO2/c37-35-19-32(10-1-15-40)18-33(11-6-30(45)38-13-8-24-2-4-26(41)28(43)16-24)21-34(22-35,36(33,20-32)23-35)12-7-31(46)39-14-9-25-3-5-27(42)29(44)17-25;1-10-5-4-7-2-3-8(11)9(12)6-7/h2-5,15-17,41-44H,1,6-14,18-23,37H2,(H,38,45)(H,39,46);2-3,6,10-12H,4-5H2,1H3. The molecule has 13 nitrogen and oxygen atoms in total. The molecule has 58 heavy (non-hydrogen) atoms. The van der Waals surface area contributed by atoms with Crippen LogP contribution in [0.25, 0.3) is 0 Å². The number of aldehydes is 1. The first-order valence-corrected chi connectivity index (χ1v) is 20.5. The quantitative estimate of drug-likeness (QED) is 0.0610. The van der Waals surface area contributed by atoms with E-state index in [0.29, 0.717) is 45.2 Å². The highest BCUT2D eigenvalue weighted by Crippen LogP contribution is 2.91. The zero-order valence-corrected chi connectivity index (χ0v) is 33.5. The van der Waals surface area contributed by atoms with E-state index in [0.717, 1.165) is 93.7 Å². The van der Waals surface area contributed by atoms with Gasteiger partial charge in [0.2, 0.25) is 11.8 Å². The van der Waals surface area contributed by atoms with Gasteiger partial charge >= 0.3 is 0 Å². The SMILES string of the molecule is CNCCc1ccc(O)c(O)c1.NC12CC3(CCC=O)CC4(CCC(=O)NCCc5ccc(O)c(O)c5)CC(CCC(=O)NCCc5ccc(O)c(O)c5)(C1)C4(C2)C3. The van der Waals surface area contributed by atoms with Crippen molar-refractivity contribution in [2.45, 2.75) is 102 Å². The fraction of sp³-hybridized carbons (Fsp3) is 0.533. The van der Waals surface area contributed by atoms with Gasteiger partial charge < -0.3 is 57.1 Å². The van der Waals surface area contributed by atoms with Gasteiger partial charge in [0, 0.05) is 37.9 Å². The third kappa shape index (κ3) is 8.70. The van der Waals surface area contributed by atoms with Gasteiger partial charge in [0.1, 0.15) is 6.29 Å². The molecule has 314 valence electrons. The van der Waals surface area contributed by atoms with E-state index in [-0.39, 0.29) is 73.5 Å². The van der Waals surface area contributed by atoms with E-state index < -0.39 is 0 Å². The average molecular weight is 801 g/mol. The number of hydrogen-bond donors (Lipinski definition) is 10. The minimum atomic E-state index is -0.311. The van der Waals surface area contributed by atoms with E-state index in [2.05, 4.69) is 16.0 Å². The number of likely N-dealkylation sites (N-methyl/N-ethyl adjacent to an activating group) is 1. The highest BCUT2D eigenvalue weighted by molar-refractivity contribution is 5.76. The lowest BCUT2D eigenvalue weighted by molar-refractivity contribution is -0.189. The summed E-state index contributed by atoms with van der Waals surface area (Å²) in [4.78, 5) is 37.6. The monoisotopic (exact) mass is 800 g/mol. The third-order valence-electron chi connectivity index (χ3n) is 13.9. The Kier molecular flexibility index (Phi) is 12.5. The molecular formula is C45H60N4O9. The maximum absolute atomic E-state index is 13.1. The molecule has 13 heteroatoms. The number of phenolic OH excluding ortho intramolecular Hbond substituents is 6. The van der Waals surface area contributed by atoms with Gasteiger partial charge in [0.05, 0.1) is 0 Å². The molecule has 7 rings (SSSR count). The number of rotatable bonds is 18. The van der Waals surface area contributed by atoms with Gasteiger partial charge in [-0.2, -0.15) is 0 Å². The zero-order chi connectivity index (χ0) is 41.8. The first-order chi connectivity index (χ1) is 27.6. The molecule has 3 bridgehead atoms. The maximum atomic E-state index is 13.1. The van der Waals surface area contributed by atoms with Crippen molar-refractivity contribution in [1.82, 2.24) is 16.0 Å². The van der Waals surface area contributed by atoms with E-state index in [1.165, 1.54) is 30.3 Å². The number of phenols is 6. The highest BCUT2D eigenvalue weighted by Gasteiger charge is 2.84. The lowest BCUT2D eigenvalue weighted by Crippen LogP contribution is -2.60. The largest absolute Gasteiger partial charge is 0.504 e. The van der Waals surface area contributed by atoms with Crippen LogP contribution in [0.15, 0.2) is 54.6 Å². The summed E-state index contributed by atoms with van der Waals surface area (Å²) >= 11 is 0. The number of hydrogen-bond acceptors (Lipinski definition) is 11. The van der Waals surface area contributed by atoms with Gasteiger partial charge in [0.25, 0.3) is 0 Å². The Morgan fingerprint density at radius 3 is 1.52 bits per heavy atom. The fourth-order valence-corrected chi connectivity index (χ4v) is 12.0. The zero-order valence-electron chi connectivity index (χ0n) is 33.5. The summed E-state index contributed by atoms with van der Waals surface area (Å²) in [7, 11) is 1.88. The molecular weight excluding hydrogens is 741 g/mol. The molecule has 0 heterocycles. The molecule has 4 aliphatic rings. The van der Waals surface area contributed by atoms with E-state index >= 15 is 0 Å². The van der Waals surface area contributed by atoms with Crippen molar-refractivity contribution in [3.8, 4) is 34.5 Å². The molecule has 2 amide bonds. The Labute approximate surface area is 340 Å². The topological polar surface area (TPSA) is 235 Å². The molecule has 5 unspecified atom stereocenters. The average Bonchev–Trinajstić information content (AvgIpc) is 3.45. The van der Waals surface area contributed by atoms with Crippen LogP contribution in [0, 0.1) is 21.7 Å². The van der Waals surface area contributed by atoms with Crippen LogP contribution in [0.3, 0.4) is 0 Å². The third-order valence-corrected chi connectivity index (χ3v) is 13.9. The Morgan fingerprint density at radius 2 is 1.07 bits per heavy atom. The normalized spacial score (nSPS) is 27.2. The Bertz CT molecular complexity index is 1990. The smallest absolute Gasteiger partial charge is 0.220 e. The number of benzene rings is 3. The van der Waals surface area contributed by atoms with E-state index in [4.69, 9.17) is 15.9 Å². The number of nitrogens with two attached hydrogens (primary N) is 1. The lowest BCUT2D eigenvalue weighted by atomic mass is 9.37. The molecule has 5 atom stereocenters. The first kappa shape index (κ1) is 42.6. The number of carbonyl (C=O) groups excluding carboxylic acids is 3. The van der Waals surface area contributed by atoms with Crippen LogP contribution in [-0.2, 0) is 33.6 Å². The summed E-state index contributed by atoms with van der Waals surface area (Å²) in [6.07, 6.45) is 12.3. The van der Waals surface area contributed by atoms with Crippen LogP contribution in [0.2, 0.25) is 0 Å². The Hall–Kier alpha value is -5.01. The fourth-order valence-electron chi connectivity index (χ4n) is 12.0. The van der Waals surface area contributed by atoms with Crippen LogP contribution in [-0.4, -0.2) is 81.0 Å². The van der Waals surface area contributed by atoms with Crippen LogP contribution < -0.4 is 21.7 Å². The summed E-state index contributed by atoms with van der Waals surface area (Å²) in [5.74, 6) is -0.820. The summed E-state index contributed by atoms with van der Waals surface area (Å²) in [6, 6.07) is 14.2. The van der Waals surface area contributed by atoms with Crippen molar-refractivity contribution < 1.29 is 45.0 Å². The molecule has 0 aromatic heterocycles. The molecule has 0 radical (unpaired) electrons. The van der Waals surface area contributed by atoms with Gasteiger partial charge in [-0.15, -0.1) is 0 Å². The summed E-state index contributed by atoms with van der Waals surface area (Å²) in [5.41, 5.74) is 9.43. The summed E-state index contributed by atoms with van der Waals surface area (Å²) < 4.78 is 0. The number of aromatic hydroxyl groups is 6. The van der Waals surface area contributed by atoms with Crippen molar-refractivity contribution in [2.24, 2.45) is 27.4 Å². The lowest BCUT2D eigenvalue weighted by Gasteiger charge is -2.67. The molecule has 3 aromatic carbocycles. The van der Waals surface area contributed by atoms with Crippen LogP contribution in [0.1, 0.15) is 93.7 Å². The van der Waals surface area contributed by atoms with Crippen molar-refractivity contribution >= 4 is 18.1 Å². The van der Waals surface area contributed by atoms with Gasteiger partial charge in [-0.25, -0.2) is 0 Å². The minimum Gasteiger partial charge on any atom is -0.504 e. The van der Waals surface area contributed by atoms with Crippen molar-refractivity contribution in [2.75, 3.05) is 26.7 Å². The van der Waals surface area contributed by atoms with Gasteiger partial charge in [-0.05, 0) is 165 Å². The number of amides is 2. The van der Waals surface area contributed by atoms with Crippen molar-refractivity contribution in [3.05, 3.63) is 71.3 Å². The van der Waals surface area contributed by atoms with Gasteiger partial charge in [-0.1, -0.05) is 18.2 Å². The predicted molar refractivity (Wildman–Crippen MR) is 218 cm³/mol. The molecule has 4 aliphatic carbocycles. The van der Waals surface area contributed by atoms with Crippen molar-refractivity contribution in [3.63, 3.8) is 0 Å². The Balaban J connectivity index is 0.000000406. The number of fused-ring (bicyclic) bond motifs is 2. The Morgan fingerprint density at radius 1 is 0.603 bits per heavy atom. The van der Waals surface area contributed by atoms with Crippen molar-refractivity contribution in [1.29, 1.82) is 0 Å². The van der Waals surface area contributed by atoms with E-state index in [9.17, 15) is 34.8 Å². The van der Waals surface area contributed by atoms with E-state index in [1.807, 2.05) is 7.05 Å². The van der Waals surface area contributed by atoms with E-state index in [1.54, 1.807) is 24.3 Å². The molecule has 4 fully saturated rings. The maximum Gasteiger partial charge on any atom is 0.220 e. The molecule has 0 saturated heterocycles. The second kappa shape index (κ2) is 17.1.